The van der Waals surface area contributed by atoms with Crippen LogP contribution in [-0.2, 0) is 11.3 Å². The molecule has 8 heteroatoms. The SMILES string of the molecule is CCNC(=NCCCn1cccn1)NC1CCN(C(=O)OCC)CC1. The summed E-state index contributed by atoms with van der Waals surface area (Å²) >= 11 is 0. The van der Waals surface area contributed by atoms with E-state index in [4.69, 9.17) is 4.74 Å². The summed E-state index contributed by atoms with van der Waals surface area (Å²) in [5.41, 5.74) is 0. The number of nitrogens with one attached hydrogen (secondary N) is 2. The van der Waals surface area contributed by atoms with Crippen molar-refractivity contribution >= 4 is 12.1 Å². The molecule has 2 heterocycles. The van der Waals surface area contributed by atoms with Crippen LogP contribution in [0.2, 0.25) is 0 Å². The Hall–Kier alpha value is -2.25. The molecular weight excluding hydrogens is 320 g/mol. The third-order valence-electron chi connectivity index (χ3n) is 4.08. The molecule has 0 unspecified atom stereocenters. The van der Waals surface area contributed by atoms with Crippen LogP contribution in [0.1, 0.15) is 33.1 Å². The van der Waals surface area contributed by atoms with Crippen molar-refractivity contribution in [3.8, 4) is 0 Å². The normalized spacial score (nSPS) is 15.9. The van der Waals surface area contributed by atoms with Gasteiger partial charge >= 0.3 is 6.09 Å². The fourth-order valence-electron chi connectivity index (χ4n) is 2.79. The molecule has 0 atom stereocenters. The van der Waals surface area contributed by atoms with Gasteiger partial charge in [0.1, 0.15) is 0 Å². The highest BCUT2D eigenvalue weighted by atomic mass is 16.6. The van der Waals surface area contributed by atoms with E-state index in [1.54, 1.807) is 11.1 Å². The zero-order valence-electron chi connectivity index (χ0n) is 15.3. The number of nitrogens with zero attached hydrogens (tertiary/aromatic N) is 4. The predicted molar refractivity (Wildman–Crippen MR) is 97.6 cm³/mol. The highest BCUT2D eigenvalue weighted by molar-refractivity contribution is 5.80. The number of ether oxygens (including phenoxy) is 1. The van der Waals surface area contributed by atoms with Gasteiger partial charge in [0.25, 0.3) is 0 Å². The van der Waals surface area contributed by atoms with E-state index < -0.39 is 0 Å². The predicted octanol–water partition coefficient (Wildman–Crippen LogP) is 1.45. The van der Waals surface area contributed by atoms with Gasteiger partial charge in [0.15, 0.2) is 5.96 Å². The quantitative estimate of drug-likeness (QED) is 0.442. The minimum absolute atomic E-state index is 0.208. The minimum Gasteiger partial charge on any atom is -0.450 e. The molecule has 1 saturated heterocycles. The van der Waals surface area contributed by atoms with Crippen molar-refractivity contribution in [1.82, 2.24) is 25.3 Å². The van der Waals surface area contributed by atoms with Gasteiger partial charge in [-0.05, 0) is 39.2 Å². The molecule has 1 amide bonds. The Labute approximate surface area is 149 Å². The Bertz CT molecular complexity index is 523. The molecule has 2 rings (SSSR count). The van der Waals surface area contributed by atoms with Crippen LogP contribution in [0.15, 0.2) is 23.5 Å². The molecule has 1 aromatic heterocycles. The number of aromatic nitrogens is 2. The molecule has 0 aromatic carbocycles. The number of guanidine groups is 1. The average molecular weight is 350 g/mol. The average Bonchev–Trinajstić information content (AvgIpc) is 3.13. The number of carbonyl (C=O) groups is 1. The van der Waals surface area contributed by atoms with Crippen LogP contribution in [0.25, 0.3) is 0 Å². The summed E-state index contributed by atoms with van der Waals surface area (Å²) in [6, 6.07) is 2.26. The van der Waals surface area contributed by atoms with E-state index in [0.717, 1.165) is 57.9 Å². The van der Waals surface area contributed by atoms with E-state index in [2.05, 4.69) is 27.6 Å². The van der Waals surface area contributed by atoms with Crippen molar-refractivity contribution in [3.63, 3.8) is 0 Å². The first-order valence-electron chi connectivity index (χ1n) is 9.17. The smallest absolute Gasteiger partial charge is 0.409 e. The Kier molecular flexibility index (Phi) is 8.08. The molecule has 8 nitrogen and oxygen atoms in total. The van der Waals surface area contributed by atoms with Crippen molar-refractivity contribution in [3.05, 3.63) is 18.5 Å². The molecule has 1 aliphatic rings. The lowest BCUT2D eigenvalue weighted by atomic mass is 10.1. The van der Waals surface area contributed by atoms with E-state index in [-0.39, 0.29) is 6.09 Å². The number of likely N-dealkylation sites (tertiary alicyclic amines) is 1. The van der Waals surface area contributed by atoms with E-state index >= 15 is 0 Å². The first kappa shape index (κ1) is 19.1. The topological polar surface area (TPSA) is 83.8 Å². The molecule has 1 aliphatic heterocycles. The van der Waals surface area contributed by atoms with Gasteiger partial charge in [0.2, 0.25) is 0 Å². The van der Waals surface area contributed by atoms with Crippen LogP contribution in [-0.4, -0.2) is 65.6 Å². The maximum absolute atomic E-state index is 11.7. The van der Waals surface area contributed by atoms with Crippen LogP contribution < -0.4 is 10.6 Å². The van der Waals surface area contributed by atoms with Crippen LogP contribution >= 0.6 is 0 Å². The van der Waals surface area contributed by atoms with Gasteiger partial charge in [-0.15, -0.1) is 0 Å². The standard InChI is InChI=1S/C17H30N6O2/c1-3-18-16(19-9-5-11-23-12-6-10-20-23)21-15-7-13-22(14-8-15)17(24)25-4-2/h6,10,12,15H,3-5,7-9,11,13-14H2,1-2H3,(H2,18,19,21). The number of amides is 1. The van der Waals surface area contributed by atoms with Gasteiger partial charge in [-0.1, -0.05) is 0 Å². The number of hydrogen-bond acceptors (Lipinski definition) is 4. The molecule has 140 valence electrons. The van der Waals surface area contributed by atoms with Gasteiger partial charge in [-0.3, -0.25) is 9.67 Å². The molecule has 0 radical (unpaired) electrons. The van der Waals surface area contributed by atoms with Crippen molar-refractivity contribution in [2.45, 2.75) is 45.7 Å². The molecule has 0 aliphatic carbocycles. The second-order valence-corrected chi connectivity index (χ2v) is 5.99. The number of aliphatic imine (C=N–C) groups is 1. The first-order valence-corrected chi connectivity index (χ1v) is 9.17. The maximum atomic E-state index is 11.7. The van der Waals surface area contributed by atoms with E-state index in [9.17, 15) is 4.79 Å². The van der Waals surface area contributed by atoms with Gasteiger partial charge in [0, 0.05) is 51.2 Å². The summed E-state index contributed by atoms with van der Waals surface area (Å²) in [5, 5.41) is 11.0. The van der Waals surface area contributed by atoms with Gasteiger partial charge in [0.05, 0.1) is 6.61 Å². The summed E-state index contributed by atoms with van der Waals surface area (Å²) in [7, 11) is 0. The van der Waals surface area contributed by atoms with Crippen LogP contribution in [0.4, 0.5) is 4.79 Å². The van der Waals surface area contributed by atoms with Crippen molar-refractivity contribution in [1.29, 1.82) is 0 Å². The molecule has 1 fully saturated rings. The second kappa shape index (κ2) is 10.6. The molecule has 1 aromatic rings. The Morgan fingerprint density at radius 2 is 2.16 bits per heavy atom. The summed E-state index contributed by atoms with van der Waals surface area (Å²) in [5.74, 6) is 0.845. The monoisotopic (exact) mass is 350 g/mol. The number of hydrogen-bond donors (Lipinski definition) is 2. The number of rotatable bonds is 7. The lowest BCUT2D eigenvalue weighted by Crippen LogP contribution is -2.49. The molecule has 2 N–H and O–H groups in total. The molecular formula is C17H30N6O2. The molecule has 0 saturated carbocycles. The van der Waals surface area contributed by atoms with Crippen molar-refractivity contribution < 1.29 is 9.53 Å². The zero-order valence-corrected chi connectivity index (χ0v) is 15.3. The number of aryl methyl sites for hydroxylation is 1. The Morgan fingerprint density at radius 3 is 2.80 bits per heavy atom. The fourth-order valence-corrected chi connectivity index (χ4v) is 2.79. The first-order chi connectivity index (χ1) is 12.2. The number of carbonyl (C=O) groups excluding carboxylic acids is 1. The van der Waals surface area contributed by atoms with Gasteiger partial charge in [-0.2, -0.15) is 5.10 Å². The van der Waals surface area contributed by atoms with Crippen LogP contribution in [0, 0.1) is 0 Å². The molecule has 25 heavy (non-hydrogen) atoms. The van der Waals surface area contributed by atoms with Gasteiger partial charge in [-0.25, -0.2) is 4.79 Å². The highest BCUT2D eigenvalue weighted by Crippen LogP contribution is 2.11. The Morgan fingerprint density at radius 1 is 1.36 bits per heavy atom. The minimum atomic E-state index is -0.208. The second-order valence-electron chi connectivity index (χ2n) is 5.99. The fraction of sp³-hybridized carbons (Fsp3) is 0.706. The summed E-state index contributed by atoms with van der Waals surface area (Å²) in [4.78, 5) is 18.2. The third kappa shape index (κ3) is 6.64. The summed E-state index contributed by atoms with van der Waals surface area (Å²) in [6.07, 6.45) is 6.29. The maximum Gasteiger partial charge on any atom is 0.409 e. The van der Waals surface area contributed by atoms with Gasteiger partial charge < -0.3 is 20.3 Å². The lowest BCUT2D eigenvalue weighted by molar-refractivity contribution is 0.0963. The van der Waals surface area contributed by atoms with Crippen molar-refractivity contribution in [2.24, 2.45) is 4.99 Å². The van der Waals surface area contributed by atoms with E-state index in [1.807, 2.05) is 23.9 Å². The summed E-state index contributed by atoms with van der Waals surface area (Å²) in [6.45, 7) is 8.19. The van der Waals surface area contributed by atoms with Crippen LogP contribution in [0.5, 0.6) is 0 Å². The zero-order chi connectivity index (χ0) is 17.9. The largest absolute Gasteiger partial charge is 0.450 e. The van der Waals surface area contributed by atoms with Crippen LogP contribution in [0.3, 0.4) is 0 Å². The highest BCUT2D eigenvalue weighted by Gasteiger charge is 2.23. The van der Waals surface area contributed by atoms with E-state index in [0.29, 0.717) is 12.6 Å². The lowest BCUT2D eigenvalue weighted by Gasteiger charge is -2.32. The molecule has 0 spiro atoms. The third-order valence-corrected chi connectivity index (χ3v) is 4.08. The summed E-state index contributed by atoms with van der Waals surface area (Å²) < 4.78 is 6.97. The van der Waals surface area contributed by atoms with E-state index in [1.165, 1.54) is 0 Å². The Balaban J connectivity index is 1.73. The molecule has 0 bridgehead atoms. The number of piperidine rings is 1. The van der Waals surface area contributed by atoms with Crippen molar-refractivity contribution in [2.75, 3.05) is 32.8 Å².